The molecule has 1 aromatic heterocycles. The zero-order chi connectivity index (χ0) is 8.97. The van der Waals surface area contributed by atoms with Crippen LogP contribution in [0.1, 0.15) is 0 Å². The van der Waals surface area contributed by atoms with Crippen LogP contribution in [0.25, 0.3) is 0 Å². The Bertz CT molecular complexity index is 296. The maximum atomic E-state index is 10.3. The smallest absolute Gasteiger partial charge is 0.332 e. The molecule has 0 aromatic carbocycles. The lowest BCUT2D eigenvalue weighted by Gasteiger charge is -1.97. The highest BCUT2D eigenvalue weighted by Crippen LogP contribution is 2.26. The maximum absolute atomic E-state index is 10.3. The SMILES string of the molecule is O=[N+]([O-])c1cccnc1OSCl. The van der Waals surface area contributed by atoms with Crippen molar-refractivity contribution in [3.63, 3.8) is 0 Å². The summed E-state index contributed by atoms with van der Waals surface area (Å²) in [5.74, 6) is -0.0949. The number of pyridine rings is 1. The summed E-state index contributed by atoms with van der Waals surface area (Å²) in [4.78, 5) is 13.4. The van der Waals surface area contributed by atoms with Crippen LogP contribution >= 0.6 is 21.9 Å². The van der Waals surface area contributed by atoms with Gasteiger partial charge in [0.1, 0.15) is 0 Å². The maximum Gasteiger partial charge on any atom is 0.332 e. The van der Waals surface area contributed by atoms with E-state index in [2.05, 4.69) is 9.17 Å². The van der Waals surface area contributed by atoms with Crippen molar-refractivity contribution < 1.29 is 9.11 Å². The summed E-state index contributed by atoms with van der Waals surface area (Å²) < 4.78 is 4.63. The number of hydrogen-bond acceptors (Lipinski definition) is 5. The molecule has 0 aliphatic rings. The molecule has 64 valence electrons. The quantitative estimate of drug-likeness (QED) is 0.431. The van der Waals surface area contributed by atoms with Gasteiger partial charge in [0.15, 0.2) is 11.3 Å². The average molecular weight is 207 g/mol. The molecule has 0 atom stereocenters. The molecule has 1 aromatic rings. The van der Waals surface area contributed by atoms with Crippen molar-refractivity contribution in [3.8, 4) is 5.88 Å². The van der Waals surface area contributed by atoms with Crippen molar-refractivity contribution >= 4 is 27.6 Å². The minimum absolute atomic E-state index is 0.0949. The van der Waals surface area contributed by atoms with E-state index in [1.165, 1.54) is 18.3 Å². The van der Waals surface area contributed by atoms with Crippen LogP contribution < -0.4 is 4.18 Å². The van der Waals surface area contributed by atoms with E-state index in [0.717, 1.165) is 0 Å². The highest BCUT2D eigenvalue weighted by molar-refractivity contribution is 8.17. The van der Waals surface area contributed by atoms with Crippen molar-refractivity contribution in [3.05, 3.63) is 28.4 Å². The molecular formula is C5H3ClN2O3S. The van der Waals surface area contributed by atoms with Gasteiger partial charge in [-0.15, -0.1) is 0 Å². The largest absolute Gasteiger partial charge is 0.382 e. The molecule has 1 rings (SSSR count). The molecule has 0 saturated carbocycles. The van der Waals surface area contributed by atoms with Gasteiger partial charge in [-0.05, 0) is 6.07 Å². The lowest BCUT2D eigenvalue weighted by molar-refractivity contribution is -0.385. The summed E-state index contributed by atoms with van der Waals surface area (Å²) in [7, 11) is 5.14. The monoisotopic (exact) mass is 206 g/mol. The van der Waals surface area contributed by atoms with Gasteiger partial charge in [0, 0.05) is 22.9 Å². The molecule has 12 heavy (non-hydrogen) atoms. The Morgan fingerprint density at radius 3 is 3.08 bits per heavy atom. The molecule has 0 aliphatic carbocycles. The van der Waals surface area contributed by atoms with Crippen LogP contribution in [0.15, 0.2) is 18.3 Å². The Morgan fingerprint density at radius 2 is 2.50 bits per heavy atom. The third-order valence-corrected chi connectivity index (χ3v) is 1.47. The standard InChI is InChI=1S/C5H3ClN2O3S/c6-12-11-5-4(8(9)10)2-1-3-7-5/h1-3H. The second-order valence-electron chi connectivity index (χ2n) is 1.73. The zero-order valence-corrected chi connectivity index (χ0v) is 7.21. The Balaban J connectivity index is 3.00. The van der Waals surface area contributed by atoms with Crippen LogP contribution in [0.2, 0.25) is 0 Å². The third-order valence-electron chi connectivity index (χ3n) is 1.06. The number of halogens is 1. The molecule has 0 unspecified atom stereocenters. The summed E-state index contributed by atoms with van der Waals surface area (Å²) in [5, 5.41) is 10.3. The summed E-state index contributed by atoms with van der Waals surface area (Å²) >= 11 is 0.492. The Hall–Kier alpha value is -1.01. The van der Waals surface area contributed by atoms with E-state index in [-0.39, 0.29) is 11.6 Å². The average Bonchev–Trinajstić information content (AvgIpc) is 2.05. The van der Waals surface area contributed by atoms with Gasteiger partial charge in [-0.25, -0.2) is 4.98 Å². The fourth-order valence-corrected chi connectivity index (χ4v) is 0.982. The fourth-order valence-electron chi connectivity index (χ4n) is 0.615. The molecular weight excluding hydrogens is 204 g/mol. The number of hydrogen-bond donors (Lipinski definition) is 0. The fraction of sp³-hybridized carbons (Fsp3) is 0. The molecule has 0 amide bonds. The van der Waals surface area contributed by atoms with Crippen molar-refractivity contribution in [2.45, 2.75) is 0 Å². The first-order valence-electron chi connectivity index (χ1n) is 2.80. The Labute approximate surface area is 76.6 Å². The number of nitrogens with zero attached hydrogens (tertiary/aromatic N) is 2. The first-order chi connectivity index (χ1) is 5.75. The summed E-state index contributed by atoms with van der Waals surface area (Å²) in [6.45, 7) is 0. The first-order valence-corrected chi connectivity index (χ1v) is 4.37. The molecule has 0 N–H and O–H groups in total. The van der Waals surface area contributed by atoms with Crippen molar-refractivity contribution in [2.24, 2.45) is 0 Å². The van der Waals surface area contributed by atoms with E-state index in [1.54, 1.807) is 0 Å². The van der Waals surface area contributed by atoms with E-state index in [1.807, 2.05) is 0 Å². The highest BCUT2D eigenvalue weighted by atomic mass is 35.7. The summed E-state index contributed by atoms with van der Waals surface area (Å²) in [6.07, 6.45) is 1.38. The van der Waals surface area contributed by atoms with Crippen LogP contribution in [0.3, 0.4) is 0 Å². The first kappa shape index (κ1) is 9.08. The van der Waals surface area contributed by atoms with E-state index in [0.29, 0.717) is 11.3 Å². The number of nitro groups is 1. The second kappa shape index (κ2) is 4.13. The molecule has 7 heteroatoms. The zero-order valence-electron chi connectivity index (χ0n) is 5.64. The lowest BCUT2D eigenvalue weighted by atomic mass is 10.4. The second-order valence-corrected chi connectivity index (χ2v) is 2.40. The number of rotatable bonds is 3. The third kappa shape index (κ3) is 1.99. The van der Waals surface area contributed by atoms with Gasteiger partial charge < -0.3 is 4.18 Å². The van der Waals surface area contributed by atoms with Crippen LogP contribution in [-0.2, 0) is 0 Å². The van der Waals surface area contributed by atoms with Gasteiger partial charge in [-0.1, -0.05) is 0 Å². The Morgan fingerprint density at radius 1 is 1.75 bits per heavy atom. The molecule has 5 nitrogen and oxygen atoms in total. The van der Waals surface area contributed by atoms with Gasteiger partial charge >= 0.3 is 11.6 Å². The van der Waals surface area contributed by atoms with Crippen molar-refractivity contribution in [2.75, 3.05) is 0 Å². The number of aromatic nitrogens is 1. The minimum Gasteiger partial charge on any atom is -0.382 e. The normalized spacial score (nSPS) is 9.42. The Kier molecular flexibility index (Phi) is 3.12. The minimum atomic E-state index is -0.588. The van der Waals surface area contributed by atoms with Gasteiger partial charge in [-0.2, -0.15) is 0 Å². The van der Waals surface area contributed by atoms with E-state index < -0.39 is 4.92 Å². The van der Waals surface area contributed by atoms with Gasteiger partial charge in [-0.3, -0.25) is 10.1 Å². The van der Waals surface area contributed by atoms with Crippen LogP contribution in [-0.4, -0.2) is 9.91 Å². The van der Waals surface area contributed by atoms with Crippen molar-refractivity contribution in [1.82, 2.24) is 4.98 Å². The molecule has 0 aliphatic heterocycles. The van der Waals surface area contributed by atoms with Crippen molar-refractivity contribution in [1.29, 1.82) is 0 Å². The van der Waals surface area contributed by atoms with E-state index >= 15 is 0 Å². The predicted molar refractivity (Wildman–Crippen MR) is 45.0 cm³/mol. The van der Waals surface area contributed by atoms with Crippen LogP contribution in [0.5, 0.6) is 5.88 Å². The van der Waals surface area contributed by atoms with E-state index in [4.69, 9.17) is 10.7 Å². The molecule has 0 spiro atoms. The molecule has 0 radical (unpaired) electrons. The van der Waals surface area contributed by atoms with Crippen LogP contribution in [0, 0.1) is 10.1 Å². The van der Waals surface area contributed by atoms with Crippen LogP contribution in [0.4, 0.5) is 5.69 Å². The molecule has 0 fully saturated rings. The van der Waals surface area contributed by atoms with Gasteiger partial charge in [0.05, 0.1) is 4.92 Å². The van der Waals surface area contributed by atoms with Gasteiger partial charge in [0.25, 0.3) is 0 Å². The topological polar surface area (TPSA) is 65.3 Å². The molecule has 1 heterocycles. The highest BCUT2D eigenvalue weighted by Gasteiger charge is 2.15. The van der Waals surface area contributed by atoms with Gasteiger partial charge in [0.2, 0.25) is 0 Å². The molecule has 0 saturated heterocycles. The lowest BCUT2D eigenvalue weighted by Crippen LogP contribution is -1.92. The predicted octanol–water partition coefficient (Wildman–Crippen LogP) is 2.17. The summed E-state index contributed by atoms with van der Waals surface area (Å²) in [5.41, 5.74) is -0.203. The van der Waals surface area contributed by atoms with E-state index in [9.17, 15) is 10.1 Å². The summed E-state index contributed by atoms with van der Waals surface area (Å²) in [6, 6.07) is 2.74. The molecule has 0 bridgehead atoms.